The first-order valence-corrected chi connectivity index (χ1v) is 7.07. The second kappa shape index (κ2) is 7.14. The summed E-state index contributed by atoms with van der Waals surface area (Å²) in [7, 11) is 0. The molecule has 2 aromatic rings. The van der Waals surface area contributed by atoms with Gasteiger partial charge in [0.05, 0.1) is 5.56 Å². The van der Waals surface area contributed by atoms with Crippen molar-refractivity contribution in [2.75, 3.05) is 13.2 Å². The largest absolute Gasteiger partial charge is 0.490 e. The fraction of sp³-hybridized carbons (Fsp3) is 0.133. The molecule has 0 radical (unpaired) electrons. The highest BCUT2D eigenvalue weighted by molar-refractivity contribution is 14.1. The lowest BCUT2D eigenvalue weighted by Gasteiger charge is -2.08. The number of benzene rings is 2. The van der Waals surface area contributed by atoms with Crippen LogP contribution in [-0.2, 0) is 0 Å². The van der Waals surface area contributed by atoms with E-state index in [2.05, 4.69) is 22.6 Å². The van der Waals surface area contributed by atoms with Crippen molar-refractivity contribution in [2.45, 2.75) is 0 Å². The Balaban J connectivity index is 1.77. The van der Waals surface area contributed by atoms with Gasteiger partial charge in [0.1, 0.15) is 24.7 Å². The molecule has 5 heteroatoms. The summed E-state index contributed by atoms with van der Waals surface area (Å²) in [6, 6.07) is 14.1. The minimum atomic E-state index is -0.946. The first-order chi connectivity index (χ1) is 9.65. The standard InChI is InChI=1S/C15H13IO4/c16-12-2-1-3-14(10-12)20-9-8-19-13-6-4-11(5-7-13)15(17)18/h1-7,10H,8-9H2,(H,17,18). The van der Waals surface area contributed by atoms with Crippen LogP contribution in [0.4, 0.5) is 0 Å². The first kappa shape index (κ1) is 14.6. The lowest BCUT2D eigenvalue weighted by Crippen LogP contribution is -2.09. The summed E-state index contributed by atoms with van der Waals surface area (Å²) in [6.07, 6.45) is 0. The summed E-state index contributed by atoms with van der Waals surface area (Å²) in [5, 5.41) is 8.78. The molecular formula is C15H13IO4. The van der Waals surface area contributed by atoms with Crippen LogP contribution in [0.3, 0.4) is 0 Å². The van der Waals surface area contributed by atoms with E-state index in [1.807, 2.05) is 24.3 Å². The molecule has 1 N–H and O–H groups in total. The molecular weight excluding hydrogens is 371 g/mol. The number of aromatic carboxylic acids is 1. The van der Waals surface area contributed by atoms with E-state index in [1.54, 1.807) is 12.1 Å². The maximum Gasteiger partial charge on any atom is 0.335 e. The van der Waals surface area contributed by atoms with Gasteiger partial charge in [-0.15, -0.1) is 0 Å². The summed E-state index contributed by atoms with van der Waals surface area (Å²) in [6.45, 7) is 0.832. The van der Waals surface area contributed by atoms with E-state index in [0.717, 1.165) is 9.32 Å². The van der Waals surface area contributed by atoms with Crippen molar-refractivity contribution < 1.29 is 19.4 Å². The van der Waals surface area contributed by atoms with E-state index >= 15 is 0 Å². The molecule has 2 rings (SSSR count). The maximum absolute atomic E-state index is 10.7. The molecule has 0 saturated carbocycles. The first-order valence-electron chi connectivity index (χ1n) is 6.00. The van der Waals surface area contributed by atoms with E-state index < -0.39 is 5.97 Å². The Morgan fingerprint density at radius 1 is 1.00 bits per heavy atom. The third-order valence-corrected chi connectivity index (χ3v) is 3.19. The molecule has 0 amide bonds. The smallest absolute Gasteiger partial charge is 0.335 e. The van der Waals surface area contributed by atoms with Crippen LogP contribution in [0.5, 0.6) is 11.5 Å². The third kappa shape index (κ3) is 4.41. The van der Waals surface area contributed by atoms with Gasteiger partial charge in [0.25, 0.3) is 0 Å². The molecule has 0 atom stereocenters. The van der Waals surface area contributed by atoms with Gasteiger partial charge in [-0.1, -0.05) is 6.07 Å². The fourth-order valence-electron chi connectivity index (χ4n) is 1.57. The lowest BCUT2D eigenvalue weighted by molar-refractivity contribution is 0.0697. The van der Waals surface area contributed by atoms with Crippen molar-refractivity contribution >= 4 is 28.6 Å². The van der Waals surface area contributed by atoms with Crippen molar-refractivity contribution in [3.05, 3.63) is 57.7 Å². The van der Waals surface area contributed by atoms with Gasteiger partial charge >= 0.3 is 5.97 Å². The van der Waals surface area contributed by atoms with Gasteiger partial charge in [-0.25, -0.2) is 4.79 Å². The van der Waals surface area contributed by atoms with Crippen molar-refractivity contribution in [3.8, 4) is 11.5 Å². The molecule has 0 aliphatic rings. The van der Waals surface area contributed by atoms with Crippen molar-refractivity contribution in [1.82, 2.24) is 0 Å². The highest BCUT2D eigenvalue weighted by Crippen LogP contribution is 2.15. The molecule has 0 bridgehead atoms. The Morgan fingerprint density at radius 2 is 1.65 bits per heavy atom. The zero-order valence-electron chi connectivity index (χ0n) is 10.6. The number of halogens is 1. The summed E-state index contributed by atoms with van der Waals surface area (Å²) < 4.78 is 12.1. The van der Waals surface area contributed by atoms with Crippen LogP contribution in [0.2, 0.25) is 0 Å². The second-order valence-corrected chi connectivity index (χ2v) is 5.23. The number of hydrogen-bond donors (Lipinski definition) is 1. The molecule has 4 nitrogen and oxygen atoms in total. The summed E-state index contributed by atoms with van der Waals surface area (Å²) in [5.74, 6) is 0.488. The normalized spacial score (nSPS) is 10.1. The molecule has 0 aliphatic heterocycles. The molecule has 2 aromatic carbocycles. The van der Waals surface area contributed by atoms with Crippen LogP contribution in [-0.4, -0.2) is 24.3 Å². The summed E-state index contributed by atoms with van der Waals surface area (Å²) in [5.41, 5.74) is 0.243. The highest BCUT2D eigenvalue weighted by Gasteiger charge is 2.02. The van der Waals surface area contributed by atoms with Crippen molar-refractivity contribution in [1.29, 1.82) is 0 Å². The number of hydrogen-bond acceptors (Lipinski definition) is 3. The lowest BCUT2D eigenvalue weighted by atomic mass is 10.2. The van der Waals surface area contributed by atoms with Gasteiger partial charge in [-0.3, -0.25) is 0 Å². The van der Waals surface area contributed by atoms with Crippen LogP contribution >= 0.6 is 22.6 Å². The van der Waals surface area contributed by atoms with Gasteiger partial charge < -0.3 is 14.6 Å². The number of carboxylic acids is 1. The summed E-state index contributed by atoms with van der Waals surface area (Å²) >= 11 is 2.22. The van der Waals surface area contributed by atoms with Gasteiger partial charge in [-0.05, 0) is 65.1 Å². The molecule has 0 heterocycles. The summed E-state index contributed by atoms with van der Waals surface area (Å²) in [4.78, 5) is 10.7. The van der Waals surface area contributed by atoms with Gasteiger partial charge in [0.15, 0.2) is 0 Å². The second-order valence-electron chi connectivity index (χ2n) is 3.98. The number of ether oxygens (including phenoxy) is 2. The predicted molar refractivity (Wildman–Crippen MR) is 83.6 cm³/mol. The molecule has 0 saturated heterocycles. The predicted octanol–water partition coefficient (Wildman–Crippen LogP) is 3.45. The molecule has 0 unspecified atom stereocenters. The number of rotatable bonds is 6. The Kier molecular flexibility index (Phi) is 5.23. The molecule has 104 valence electrons. The van der Waals surface area contributed by atoms with E-state index in [1.165, 1.54) is 12.1 Å². The minimum Gasteiger partial charge on any atom is -0.490 e. The average Bonchev–Trinajstić information content (AvgIpc) is 2.44. The molecule has 0 aliphatic carbocycles. The molecule has 0 aromatic heterocycles. The van der Waals surface area contributed by atoms with Crippen molar-refractivity contribution in [2.24, 2.45) is 0 Å². The van der Waals surface area contributed by atoms with E-state index in [0.29, 0.717) is 19.0 Å². The highest BCUT2D eigenvalue weighted by atomic mass is 127. The van der Waals surface area contributed by atoms with Gasteiger partial charge in [-0.2, -0.15) is 0 Å². The molecule has 0 fully saturated rings. The van der Waals surface area contributed by atoms with E-state index in [4.69, 9.17) is 14.6 Å². The topological polar surface area (TPSA) is 55.8 Å². The van der Waals surface area contributed by atoms with Crippen LogP contribution in [0.15, 0.2) is 48.5 Å². The average molecular weight is 384 g/mol. The zero-order valence-corrected chi connectivity index (χ0v) is 12.7. The number of carbonyl (C=O) groups is 1. The SMILES string of the molecule is O=C(O)c1ccc(OCCOc2cccc(I)c2)cc1. The van der Waals surface area contributed by atoms with Gasteiger partial charge in [0, 0.05) is 3.57 Å². The maximum atomic E-state index is 10.7. The van der Waals surface area contributed by atoms with Gasteiger partial charge in [0.2, 0.25) is 0 Å². The third-order valence-electron chi connectivity index (χ3n) is 2.52. The quantitative estimate of drug-likeness (QED) is 0.613. The minimum absolute atomic E-state index is 0.243. The zero-order chi connectivity index (χ0) is 14.4. The van der Waals surface area contributed by atoms with Crippen LogP contribution in [0.25, 0.3) is 0 Å². The molecule has 0 spiro atoms. The van der Waals surface area contributed by atoms with Crippen LogP contribution < -0.4 is 9.47 Å². The Hall–Kier alpha value is -1.76. The Bertz CT molecular complexity index is 581. The van der Waals surface area contributed by atoms with E-state index in [9.17, 15) is 4.79 Å². The number of carboxylic acid groups (broad SMARTS) is 1. The van der Waals surface area contributed by atoms with Crippen LogP contribution in [0.1, 0.15) is 10.4 Å². The van der Waals surface area contributed by atoms with E-state index in [-0.39, 0.29) is 5.56 Å². The van der Waals surface area contributed by atoms with Crippen molar-refractivity contribution in [3.63, 3.8) is 0 Å². The monoisotopic (exact) mass is 384 g/mol. The Labute approximate surface area is 130 Å². The van der Waals surface area contributed by atoms with Crippen LogP contribution in [0, 0.1) is 3.57 Å². The fourth-order valence-corrected chi connectivity index (χ4v) is 2.08. The molecule has 20 heavy (non-hydrogen) atoms. The Morgan fingerprint density at radius 3 is 2.25 bits per heavy atom.